The van der Waals surface area contributed by atoms with E-state index in [0.717, 1.165) is 11.3 Å². The average Bonchev–Trinajstić information content (AvgIpc) is 2.64. The number of nitrogens with one attached hydrogen (secondary N) is 1. The number of sulfonamides is 1. The first-order valence-corrected chi connectivity index (χ1v) is 10.9. The second-order valence-corrected chi connectivity index (χ2v) is 8.96. The van der Waals surface area contributed by atoms with Crippen LogP contribution in [0.4, 0.5) is 5.69 Å². The van der Waals surface area contributed by atoms with Gasteiger partial charge in [-0.1, -0.05) is 67.6 Å². The molecule has 136 valence electrons. The molecule has 2 N–H and O–H groups in total. The highest BCUT2D eigenvalue weighted by Gasteiger charge is 2.16. The van der Waals surface area contributed by atoms with E-state index in [-0.39, 0.29) is 11.5 Å². The minimum Gasteiger partial charge on any atom is -0.506 e. The number of aromatic hydroxyl groups is 1. The molecule has 0 aliphatic carbocycles. The first kappa shape index (κ1) is 18.6. The zero-order valence-corrected chi connectivity index (χ0v) is 16.1. The number of anilines is 1. The minimum absolute atomic E-state index is 0.0832. The smallest absolute Gasteiger partial charge is 0.232 e. The Morgan fingerprint density at radius 3 is 2.35 bits per heavy atom. The van der Waals surface area contributed by atoms with Gasteiger partial charge in [0.25, 0.3) is 0 Å². The van der Waals surface area contributed by atoms with E-state index in [2.05, 4.69) is 4.72 Å². The van der Waals surface area contributed by atoms with E-state index >= 15 is 0 Å². The summed E-state index contributed by atoms with van der Waals surface area (Å²) >= 11 is 1.40. The summed E-state index contributed by atoms with van der Waals surface area (Å²) in [6.07, 6.45) is 1.42. The molecule has 3 aromatic rings. The number of benzene rings is 3. The third-order valence-corrected chi connectivity index (χ3v) is 6.38. The molecule has 0 aliphatic heterocycles. The zero-order valence-electron chi connectivity index (χ0n) is 14.5. The average molecular weight is 388 g/mol. The molecule has 0 amide bonds. The number of phenols is 1. The molecule has 4 nitrogen and oxygen atoms in total. The highest BCUT2D eigenvalue weighted by molar-refractivity contribution is 7.99. The second-order valence-electron chi connectivity index (χ2n) is 6.01. The van der Waals surface area contributed by atoms with Crippen LogP contribution in [-0.4, -0.2) is 19.3 Å². The highest BCUT2D eigenvalue weighted by Crippen LogP contribution is 2.42. The number of hydrogen-bond acceptors (Lipinski definition) is 4. The third kappa shape index (κ3) is 4.31. The standard InChI is InChI=1S/C20H21NO3S2/c1-2-3-13-26(23,24)21-18-14-19(25-15-9-5-4-6-10-15)20(22)17-12-8-7-11-16(17)18/h4-12,14,21-22H,2-3,13H2,1H3. The van der Waals surface area contributed by atoms with Crippen molar-refractivity contribution in [3.63, 3.8) is 0 Å². The van der Waals surface area contributed by atoms with Crippen molar-refractivity contribution in [2.45, 2.75) is 29.6 Å². The molecule has 0 radical (unpaired) electrons. The number of rotatable bonds is 7. The van der Waals surface area contributed by atoms with Crippen LogP contribution in [-0.2, 0) is 10.0 Å². The van der Waals surface area contributed by atoms with Gasteiger partial charge in [-0.3, -0.25) is 4.72 Å². The molecule has 0 saturated heterocycles. The van der Waals surface area contributed by atoms with Crippen LogP contribution in [0.3, 0.4) is 0 Å². The molecular weight excluding hydrogens is 366 g/mol. The summed E-state index contributed by atoms with van der Waals surface area (Å²) in [5, 5.41) is 12.0. The zero-order chi connectivity index (χ0) is 18.6. The van der Waals surface area contributed by atoms with Gasteiger partial charge in [-0.25, -0.2) is 8.42 Å². The Kier molecular flexibility index (Phi) is 5.74. The van der Waals surface area contributed by atoms with Gasteiger partial charge in [0.05, 0.1) is 16.3 Å². The lowest BCUT2D eigenvalue weighted by Gasteiger charge is -2.15. The van der Waals surface area contributed by atoms with Gasteiger partial charge in [0.2, 0.25) is 10.0 Å². The summed E-state index contributed by atoms with van der Waals surface area (Å²) in [5.74, 6) is 0.241. The maximum atomic E-state index is 12.4. The topological polar surface area (TPSA) is 66.4 Å². The lowest BCUT2D eigenvalue weighted by Crippen LogP contribution is -2.16. The van der Waals surface area contributed by atoms with Gasteiger partial charge in [-0.05, 0) is 24.6 Å². The lowest BCUT2D eigenvalue weighted by molar-refractivity contribution is 0.469. The van der Waals surface area contributed by atoms with Crippen molar-refractivity contribution >= 4 is 38.2 Å². The first-order valence-electron chi connectivity index (χ1n) is 8.48. The largest absolute Gasteiger partial charge is 0.506 e. The van der Waals surface area contributed by atoms with Crippen LogP contribution in [0.25, 0.3) is 10.8 Å². The molecule has 3 aromatic carbocycles. The van der Waals surface area contributed by atoms with Crippen LogP contribution in [0.1, 0.15) is 19.8 Å². The predicted octanol–water partition coefficient (Wildman–Crippen LogP) is 5.24. The molecule has 3 rings (SSSR count). The first-order chi connectivity index (χ1) is 12.5. The summed E-state index contributed by atoms with van der Waals surface area (Å²) in [6, 6.07) is 18.6. The van der Waals surface area contributed by atoms with Crippen molar-refractivity contribution in [1.29, 1.82) is 0 Å². The molecular formula is C20H21NO3S2. The van der Waals surface area contributed by atoms with Crippen LogP contribution in [0.5, 0.6) is 5.75 Å². The monoisotopic (exact) mass is 387 g/mol. The van der Waals surface area contributed by atoms with Crippen molar-refractivity contribution in [3.05, 3.63) is 60.7 Å². The second kappa shape index (κ2) is 8.01. The third-order valence-electron chi connectivity index (χ3n) is 3.98. The maximum absolute atomic E-state index is 12.4. The Balaban J connectivity index is 2.05. The van der Waals surface area contributed by atoms with E-state index < -0.39 is 10.0 Å². The van der Waals surface area contributed by atoms with Crippen LogP contribution >= 0.6 is 11.8 Å². The van der Waals surface area contributed by atoms with Gasteiger partial charge in [-0.2, -0.15) is 0 Å². The fourth-order valence-electron chi connectivity index (χ4n) is 2.67. The Bertz CT molecular complexity index is 1000. The predicted molar refractivity (Wildman–Crippen MR) is 108 cm³/mol. The molecule has 0 saturated carbocycles. The van der Waals surface area contributed by atoms with E-state index in [1.165, 1.54) is 11.8 Å². The van der Waals surface area contributed by atoms with E-state index in [0.29, 0.717) is 27.8 Å². The van der Waals surface area contributed by atoms with Crippen LogP contribution < -0.4 is 4.72 Å². The number of fused-ring (bicyclic) bond motifs is 1. The molecule has 0 atom stereocenters. The van der Waals surface area contributed by atoms with Crippen molar-refractivity contribution in [2.24, 2.45) is 0 Å². The van der Waals surface area contributed by atoms with Gasteiger partial charge >= 0.3 is 0 Å². The molecule has 0 aliphatic rings. The molecule has 6 heteroatoms. The SMILES string of the molecule is CCCCS(=O)(=O)Nc1cc(Sc2ccccc2)c(O)c2ccccc12. The quantitative estimate of drug-likeness (QED) is 0.544. The molecule has 0 spiro atoms. The highest BCUT2D eigenvalue weighted by atomic mass is 32.2. The summed E-state index contributed by atoms with van der Waals surface area (Å²) in [7, 11) is -3.43. The van der Waals surface area contributed by atoms with Gasteiger partial charge < -0.3 is 5.11 Å². The molecule has 26 heavy (non-hydrogen) atoms. The maximum Gasteiger partial charge on any atom is 0.232 e. The van der Waals surface area contributed by atoms with E-state index in [9.17, 15) is 13.5 Å². The van der Waals surface area contributed by atoms with Gasteiger partial charge in [0, 0.05) is 15.7 Å². The van der Waals surface area contributed by atoms with Crippen molar-refractivity contribution < 1.29 is 13.5 Å². The Hall–Kier alpha value is -2.18. The molecule has 0 bridgehead atoms. The molecule has 0 fully saturated rings. The minimum atomic E-state index is -3.43. The molecule has 0 aromatic heterocycles. The van der Waals surface area contributed by atoms with Crippen LogP contribution in [0, 0.1) is 0 Å². The van der Waals surface area contributed by atoms with Crippen molar-refractivity contribution in [1.82, 2.24) is 0 Å². The molecule has 0 heterocycles. The van der Waals surface area contributed by atoms with Crippen molar-refractivity contribution in [3.8, 4) is 5.75 Å². The van der Waals surface area contributed by atoms with E-state index in [1.807, 2.05) is 55.5 Å². The van der Waals surface area contributed by atoms with E-state index in [4.69, 9.17) is 0 Å². The van der Waals surface area contributed by atoms with Gasteiger partial charge in [-0.15, -0.1) is 0 Å². The Labute approximate surface area is 158 Å². The Morgan fingerprint density at radius 2 is 1.65 bits per heavy atom. The number of unbranched alkanes of at least 4 members (excludes halogenated alkanes) is 1. The van der Waals surface area contributed by atoms with Crippen LogP contribution in [0.2, 0.25) is 0 Å². The lowest BCUT2D eigenvalue weighted by atomic mass is 10.1. The van der Waals surface area contributed by atoms with E-state index in [1.54, 1.807) is 12.1 Å². The number of hydrogen-bond donors (Lipinski definition) is 2. The van der Waals surface area contributed by atoms with Crippen LogP contribution in [0.15, 0.2) is 70.5 Å². The fourth-order valence-corrected chi connectivity index (χ4v) is 4.87. The normalized spacial score (nSPS) is 11.6. The summed E-state index contributed by atoms with van der Waals surface area (Å²) < 4.78 is 27.5. The summed E-state index contributed by atoms with van der Waals surface area (Å²) in [4.78, 5) is 1.58. The fraction of sp³-hybridized carbons (Fsp3) is 0.200. The molecule has 0 unspecified atom stereocenters. The van der Waals surface area contributed by atoms with Gasteiger partial charge in [0.1, 0.15) is 5.75 Å². The van der Waals surface area contributed by atoms with Crippen molar-refractivity contribution in [2.75, 3.05) is 10.5 Å². The Morgan fingerprint density at radius 1 is 1.00 bits per heavy atom. The van der Waals surface area contributed by atoms with Gasteiger partial charge in [0.15, 0.2) is 0 Å². The summed E-state index contributed by atoms with van der Waals surface area (Å²) in [5.41, 5.74) is 0.493. The number of phenolic OH excluding ortho intramolecular Hbond substituents is 1. The summed E-state index contributed by atoms with van der Waals surface area (Å²) in [6.45, 7) is 1.96.